The molecular formula is C22H28ClN5O2. The average molecular weight is 430 g/mol. The first-order valence-electron chi connectivity index (χ1n) is 10.7. The van der Waals surface area contributed by atoms with Gasteiger partial charge in [0.25, 0.3) is 0 Å². The predicted octanol–water partition coefficient (Wildman–Crippen LogP) is 3.10. The molecule has 3 fully saturated rings. The molecule has 0 unspecified atom stereocenters. The second-order valence-electron chi connectivity index (χ2n) is 8.65. The second kappa shape index (κ2) is 7.78. The highest BCUT2D eigenvalue weighted by Crippen LogP contribution is 2.33. The lowest BCUT2D eigenvalue weighted by atomic mass is 9.91. The molecule has 2 amide bonds. The van der Waals surface area contributed by atoms with Crippen LogP contribution < -0.4 is 5.32 Å². The van der Waals surface area contributed by atoms with Gasteiger partial charge in [0.15, 0.2) is 0 Å². The molecule has 7 nitrogen and oxygen atoms in total. The minimum Gasteiger partial charge on any atom is -0.380 e. The zero-order valence-electron chi connectivity index (χ0n) is 17.3. The monoisotopic (exact) mass is 429 g/mol. The van der Waals surface area contributed by atoms with Crippen LogP contribution in [0.3, 0.4) is 0 Å². The zero-order chi connectivity index (χ0) is 20.8. The van der Waals surface area contributed by atoms with Crippen LogP contribution in [0.1, 0.15) is 30.9 Å². The number of amides is 2. The van der Waals surface area contributed by atoms with Gasteiger partial charge in [-0.3, -0.25) is 4.68 Å². The van der Waals surface area contributed by atoms with E-state index < -0.39 is 0 Å². The molecule has 0 spiro atoms. The summed E-state index contributed by atoms with van der Waals surface area (Å²) in [5, 5.41) is 10.1. The highest BCUT2D eigenvalue weighted by Gasteiger charge is 2.37. The molecule has 8 heteroatoms. The number of urea groups is 1. The third-order valence-corrected chi connectivity index (χ3v) is 6.91. The van der Waals surface area contributed by atoms with Crippen LogP contribution in [0.2, 0.25) is 5.02 Å². The minimum atomic E-state index is 0.141. The Balaban J connectivity index is 1.23. The quantitative estimate of drug-likeness (QED) is 0.756. The molecule has 3 saturated heterocycles. The average Bonchev–Trinajstić information content (AvgIpc) is 3.08. The van der Waals surface area contributed by atoms with Gasteiger partial charge < -0.3 is 19.9 Å². The van der Waals surface area contributed by atoms with Crippen LogP contribution in [0.15, 0.2) is 30.5 Å². The largest absolute Gasteiger partial charge is 0.380 e. The molecule has 0 radical (unpaired) electrons. The lowest BCUT2D eigenvalue weighted by Crippen LogP contribution is -2.60. The Morgan fingerprint density at radius 2 is 2.00 bits per heavy atom. The van der Waals surface area contributed by atoms with E-state index in [-0.39, 0.29) is 18.2 Å². The SMILES string of the molecule is C=C1CO[C@H]2CCN(C(=O)N3CCC(c4nn(C)c5cc(Cl)ccc45)CC3)C[C@H]2N1. The third-order valence-electron chi connectivity index (χ3n) is 6.68. The molecule has 3 aliphatic heterocycles. The third kappa shape index (κ3) is 3.54. The topological polar surface area (TPSA) is 62.6 Å². The van der Waals surface area contributed by atoms with Crippen molar-refractivity contribution in [2.45, 2.75) is 37.3 Å². The van der Waals surface area contributed by atoms with Crippen molar-refractivity contribution in [3.8, 4) is 0 Å². The summed E-state index contributed by atoms with van der Waals surface area (Å²) in [5.74, 6) is 0.362. The summed E-state index contributed by atoms with van der Waals surface area (Å²) in [7, 11) is 1.96. The molecule has 5 rings (SSSR count). The Labute approximate surface area is 181 Å². The number of morpholine rings is 1. The minimum absolute atomic E-state index is 0.141. The van der Waals surface area contributed by atoms with Crippen molar-refractivity contribution >= 4 is 28.5 Å². The predicted molar refractivity (Wildman–Crippen MR) is 117 cm³/mol. The number of halogens is 1. The molecule has 30 heavy (non-hydrogen) atoms. The first kappa shape index (κ1) is 19.7. The molecule has 160 valence electrons. The second-order valence-corrected chi connectivity index (χ2v) is 9.09. The van der Waals surface area contributed by atoms with Gasteiger partial charge in [-0.2, -0.15) is 5.10 Å². The first-order chi connectivity index (χ1) is 14.5. The van der Waals surface area contributed by atoms with Crippen molar-refractivity contribution < 1.29 is 9.53 Å². The van der Waals surface area contributed by atoms with Crippen molar-refractivity contribution in [3.05, 3.63) is 41.2 Å². The molecule has 2 aromatic rings. The molecule has 2 atom stereocenters. The van der Waals surface area contributed by atoms with Crippen LogP contribution in [0.25, 0.3) is 10.9 Å². The van der Waals surface area contributed by atoms with Crippen LogP contribution in [0.4, 0.5) is 4.79 Å². The summed E-state index contributed by atoms with van der Waals surface area (Å²) >= 11 is 6.16. The fourth-order valence-electron chi connectivity index (χ4n) is 5.06. The van der Waals surface area contributed by atoms with E-state index in [0.717, 1.165) is 66.2 Å². The maximum atomic E-state index is 13.1. The van der Waals surface area contributed by atoms with E-state index in [9.17, 15) is 4.79 Å². The summed E-state index contributed by atoms with van der Waals surface area (Å²) in [6, 6.07) is 6.24. The summed E-state index contributed by atoms with van der Waals surface area (Å²) in [6.07, 6.45) is 2.91. The lowest BCUT2D eigenvalue weighted by Gasteiger charge is -2.44. The molecule has 1 N–H and O–H groups in total. The van der Waals surface area contributed by atoms with Crippen LogP contribution in [-0.2, 0) is 11.8 Å². The van der Waals surface area contributed by atoms with Crippen molar-refractivity contribution in [1.29, 1.82) is 0 Å². The normalized spacial score (nSPS) is 25.3. The van der Waals surface area contributed by atoms with E-state index in [0.29, 0.717) is 19.1 Å². The van der Waals surface area contributed by atoms with Crippen molar-refractivity contribution in [2.24, 2.45) is 7.05 Å². The number of piperidine rings is 2. The van der Waals surface area contributed by atoms with E-state index in [1.165, 1.54) is 0 Å². The fourth-order valence-corrected chi connectivity index (χ4v) is 5.22. The number of hydrogen-bond donors (Lipinski definition) is 1. The van der Waals surface area contributed by atoms with E-state index in [1.807, 2.05) is 33.7 Å². The van der Waals surface area contributed by atoms with Gasteiger partial charge in [-0.05, 0) is 37.5 Å². The van der Waals surface area contributed by atoms with Crippen molar-refractivity contribution in [2.75, 3.05) is 32.8 Å². The van der Waals surface area contributed by atoms with E-state index >= 15 is 0 Å². The van der Waals surface area contributed by atoms with Crippen molar-refractivity contribution in [1.82, 2.24) is 24.9 Å². The molecule has 0 aliphatic carbocycles. The van der Waals surface area contributed by atoms with Gasteiger partial charge in [-0.15, -0.1) is 0 Å². The Kier molecular flexibility index (Phi) is 5.11. The summed E-state index contributed by atoms with van der Waals surface area (Å²) in [5.41, 5.74) is 3.08. The maximum absolute atomic E-state index is 13.1. The van der Waals surface area contributed by atoms with Gasteiger partial charge in [0, 0.05) is 55.3 Å². The lowest BCUT2D eigenvalue weighted by molar-refractivity contribution is -0.0228. The number of fused-ring (bicyclic) bond motifs is 2. The van der Waals surface area contributed by atoms with E-state index in [4.69, 9.17) is 21.4 Å². The number of nitrogens with zero attached hydrogens (tertiary/aromatic N) is 4. The molecular weight excluding hydrogens is 402 g/mol. The Morgan fingerprint density at radius 3 is 2.80 bits per heavy atom. The number of rotatable bonds is 1. The Bertz CT molecular complexity index is 981. The number of aryl methyl sites for hydroxylation is 1. The summed E-state index contributed by atoms with van der Waals surface area (Å²) < 4.78 is 7.75. The zero-order valence-corrected chi connectivity index (χ0v) is 18.1. The molecule has 3 aliphatic rings. The molecule has 1 aromatic heterocycles. The van der Waals surface area contributed by atoms with Gasteiger partial charge in [0.1, 0.15) is 0 Å². The molecule has 0 saturated carbocycles. The molecule has 4 heterocycles. The first-order valence-corrected chi connectivity index (χ1v) is 11.1. The van der Waals surface area contributed by atoms with Gasteiger partial charge in [0.2, 0.25) is 0 Å². The van der Waals surface area contributed by atoms with Gasteiger partial charge in [-0.1, -0.05) is 18.2 Å². The number of carbonyl (C=O) groups is 1. The smallest absolute Gasteiger partial charge is 0.320 e. The van der Waals surface area contributed by atoms with E-state index in [1.54, 1.807) is 0 Å². The number of hydrogen-bond acceptors (Lipinski definition) is 4. The number of aromatic nitrogens is 2. The summed E-state index contributed by atoms with van der Waals surface area (Å²) in [4.78, 5) is 17.1. The number of nitrogens with one attached hydrogen (secondary N) is 1. The summed E-state index contributed by atoms with van der Waals surface area (Å²) in [6.45, 7) is 7.48. The van der Waals surface area contributed by atoms with Gasteiger partial charge in [-0.25, -0.2) is 4.79 Å². The maximum Gasteiger partial charge on any atom is 0.320 e. The standard InChI is InChI=1S/C22H28ClN5O2/c1-14-13-30-20-7-10-28(12-18(20)24-14)22(29)27-8-5-15(6-9-27)21-17-4-3-16(23)11-19(17)26(2)25-21/h3-4,11,15,18,20,24H,1,5-10,12-13H2,2H3/t18-,20+/m1/s1. The number of benzene rings is 1. The van der Waals surface area contributed by atoms with Crippen LogP contribution >= 0.6 is 11.6 Å². The van der Waals surface area contributed by atoms with Gasteiger partial charge >= 0.3 is 6.03 Å². The van der Waals surface area contributed by atoms with Crippen molar-refractivity contribution in [3.63, 3.8) is 0 Å². The van der Waals surface area contributed by atoms with Gasteiger partial charge in [0.05, 0.1) is 30.0 Å². The highest BCUT2D eigenvalue weighted by atomic mass is 35.5. The van der Waals surface area contributed by atoms with Crippen LogP contribution in [-0.4, -0.2) is 70.5 Å². The highest BCUT2D eigenvalue weighted by molar-refractivity contribution is 6.31. The number of carbonyl (C=O) groups excluding carboxylic acids is 1. The fraction of sp³-hybridized carbons (Fsp3) is 0.545. The Morgan fingerprint density at radius 1 is 1.23 bits per heavy atom. The number of ether oxygens (including phenoxy) is 1. The van der Waals surface area contributed by atoms with E-state index in [2.05, 4.69) is 18.0 Å². The molecule has 1 aromatic carbocycles. The van der Waals surface area contributed by atoms with Crippen LogP contribution in [0, 0.1) is 0 Å². The Hall–Kier alpha value is -2.25. The number of likely N-dealkylation sites (tertiary alicyclic amines) is 2. The van der Waals surface area contributed by atoms with Crippen LogP contribution in [0.5, 0.6) is 0 Å². The molecule has 0 bridgehead atoms.